The third-order valence-corrected chi connectivity index (χ3v) is 4.22. The second-order valence-electron chi connectivity index (χ2n) is 5.16. The van der Waals surface area contributed by atoms with Crippen LogP contribution in [0.5, 0.6) is 0 Å². The molecule has 0 aromatic heterocycles. The molecule has 1 N–H and O–H groups in total. The Kier molecular flexibility index (Phi) is 5.04. The second-order valence-corrected chi connectivity index (χ2v) is 5.60. The predicted molar refractivity (Wildman–Crippen MR) is 76.3 cm³/mol. The number of ether oxygens (including phenoxy) is 1. The van der Waals surface area contributed by atoms with Gasteiger partial charge in [0, 0.05) is 30.6 Å². The van der Waals surface area contributed by atoms with Crippen molar-refractivity contribution in [2.45, 2.75) is 31.1 Å². The van der Waals surface area contributed by atoms with Crippen molar-refractivity contribution in [3.05, 3.63) is 34.9 Å². The van der Waals surface area contributed by atoms with Crippen LogP contribution in [0.4, 0.5) is 0 Å². The van der Waals surface area contributed by atoms with Crippen molar-refractivity contribution in [3.63, 3.8) is 0 Å². The van der Waals surface area contributed by atoms with Crippen LogP contribution in [0, 0.1) is 0 Å². The molecule has 0 heterocycles. The highest BCUT2D eigenvalue weighted by molar-refractivity contribution is 6.30. The summed E-state index contributed by atoms with van der Waals surface area (Å²) >= 11 is 5.98. The van der Waals surface area contributed by atoms with Crippen LogP contribution >= 0.6 is 11.6 Å². The Hall–Kier alpha value is -0.570. The highest BCUT2D eigenvalue weighted by Gasteiger charge is 2.34. The molecule has 1 aromatic carbocycles. The summed E-state index contributed by atoms with van der Waals surface area (Å²) < 4.78 is 5.08. The monoisotopic (exact) mass is 267 g/mol. The van der Waals surface area contributed by atoms with Gasteiger partial charge < -0.3 is 10.1 Å². The summed E-state index contributed by atoms with van der Waals surface area (Å²) in [6.07, 6.45) is 5.20. The second kappa shape index (κ2) is 6.55. The SMILES string of the molecule is COCCNCC1(c2ccc(Cl)cc2)CCCC1. The van der Waals surface area contributed by atoms with Crippen molar-refractivity contribution in [2.24, 2.45) is 0 Å². The van der Waals surface area contributed by atoms with Gasteiger partial charge >= 0.3 is 0 Å². The van der Waals surface area contributed by atoms with Crippen molar-refractivity contribution < 1.29 is 4.74 Å². The number of hydrogen-bond donors (Lipinski definition) is 1. The third kappa shape index (κ3) is 3.25. The van der Waals surface area contributed by atoms with E-state index in [-0.39, 0.29) is 0 Å². The minimum Gasteiger partial charge on any atom is -0.383 e. The van der Waals surface area contributed by atoms with E-state index in [1.54, 1.807) is 7.11 Å². The topological polar surface area (TPSA) is 21.3 Å². The smallest absolute Gasteiger partial charge is 0.0587 e. The maximum Gasteiger partial charge on any atom is 0.0587 e. The molecule has 100 valence electrons. The van der Waals surface area contributed by atoms with E-state index in [1.165, 1.54) is 31.2 Å². The maximum atomic E-state index is 5.98. The first kappa shape index (κ1) is 13.9. The molecule has 18 heavy (non-hydrogen) atoms. The molecule has 1 aliphatic carbocycles. The molecule has 0 spiro atoms. The van der Waals surface area contributed by atoms with Gasteiger partial charge in [0.25, 0.3) is 0 Å². The molecule has 1 fully saturated rings. The van der Waals surface area contributed by atoms with Crippen molar-refractivity contribution in [1.29, 1.82) is 0 Å². The van der Waals surface area contributed by atoms with E-state index in [0.717, 1.165) is 24.7 Å². The Labute approximate surface area is 115 Å². The van der Waals surface area contributed by atoms with E-state index in [4.69, 9.17) is 16.3 Å². The number of benzene rings is 1. The van der Waals surface area contributed by atoms with Crippen molar-refractivity contribution in [3.8, 4) is 0 Å². The Bertz CT molecular complexity index is 357. The van der Waals surface area contributed by atoms with Crippen LogP contribution in [-0.4, -0.2) is 26.8 Å². The summed E-state index contributed by atoms with van der Waals surface area (Å²) in [6, 6.07) is 8.38. The van der Waals surface area contributed by atoms with Crippen LogP contribution in [0.25, 0.3) is 0 Å². The summed E-state index contributed by atoms with van der Waals surface area (Å²) in [5, 5.41) is 4.34. The molecule has 1 aliphatic rings. The summed E-state index contributed by atoms with van der Waals surface area (Å²) in [7, 11) is 1.74. The van der Waals surface area contributed by atoms with E-state index < -0.39 is 0 Å². The number of halogens is 1. The highest BCUT2D eigenvalue weighted by Crippen LogP contribution is 2.40. The van der Waals surface area contributed by atoms with Crippen LogP contribution in [0.15, 0.2) is 24.3 Å². The van der Waals surface area contributed by atoms with Gasteiger partial charge in [-0.05, 0) is 30.5 Å². The first-order chi connectivity index (χ1) is 8.77. The quantitative estimate of drug-likeness (QED) is 0.798. The van der Waals surface area contributed by atoms with Crippen LogP contribution in [-0.2, 0) is 10.2 Å². The van der Waals surface area contributed by atoms with Crippen molar-refractivity contribution in [2.75, 3.05) is 26.8 Å². The van der Waals surface area contributed by atoms with Gasteiger partial charge in [0.1, 0.15) is 0 Å². The molecule has 2 nitrogen and oxygen atoms in total. The van der Waals surface area contributed by atoms with E-state index in [2.05, 4.69) is 17.4 Å². The van der Waals surface area contributed by atoms with Gasteiger partial charge in [0.2, 0.25) is 0 Å². The van der Waals surface area contributed by atoms with Gasteiger partial charge in [0.15, 0.2) is 0 Å². The van der Waals surface area contributed by atoms with Gasteiger partial charge in [-0.1, -0.05) is 36.6 Å². The summed E-state index contributed by atoms with van der Waals surface area (Å²) in [5.74, 6) is 0. The average Bonchev–Trinajstić information content (AvgIpc) is 2.85. The van der Waals surface area contributed by atoms with E-state index in [9.17, 15) is 0 Å². The van der Waals surface area contributed by atoms with Gasteiger partial charge in [-0.3, -0.25) is 0 Å². The van der Waals surface area contributed by atoms with Gasteiger partial charge in [0.05, 0.1) is 6.61 Å². The molecular formula is C15H22ClNO. The molecule has 0 radical (unpaired) electrons. The molecule has 0 saturated heterocycles. The minimum absolute atomic E-state index is 0.304. The predicted octanol–water partition coefficient (Wildman–Crippen LogP) is 3.39. The summed E-state index contributed by atoms with van der Waals surface area (Å²) in [4.78, 5) is 0. The molecule has 0 bridgehead atoms. The van der Waals surface area contributed by atoms with E-state index >= 15 is 0 Å². The number of hydrogen-bond acceptors (Lipinski definition) is 2. The fraction of sp³-hybridized carbons (Fsp3) is 0.600. The largest absolute Gasteiger partial charge is 0.383 e. The van der Waals surface area contributed by atoms with Crippen LogP contribution < -0.4 is 5.32 Å². The van der Waals surface area contributed by atoms with Crippen molar-refractivity contribution in [1.82, 2.24) is 5.32 Å². The molecule has 0 atom stereocenters. The first-order valence-corrected chi connectivity index (χ1v) is 7.10. The lowest BCUT2D eigenvalue weighted by Gasteiger charge is -2.30. The Morgan fingerprint density at radius 1 is 1.22 bits per heavy atom. The number of nitrogens with one attached hydrogen (secondary N) is 1. The number of methoxy groups -OCH3 is 1. The minimum atomic E-state index is 0.304. The summed E-state index contributed by atoms with van der Waals surface area (Å²) in [5.41, 5.74) is 1.73. The molecule has 1 saturated carbocycles. The summed E-state index contributed by atoms with van der Waals surface area (Å²) in [6.45, 7) is 2.74. The molecule has 0 aliphatic heterocycles. The zero-order valence-electron chi connectivity index (χ0n) is 11.0. The fourth-order valence-electron chi connectivity index (χ4n) is 2.92. The lowest BCUT2D eigenvalue weighted by atomic mass is 9.79. The molecule has 2 rings (SSSR count). The Balaban J connectivity index is 2.04. The van der Waals surface area contributed by atoms with Gasteiger partial charge in [-0.25, -0.2) is 0 Å². The van der Waals surface area contributed by atoms with Crippen molar-refractivity contribution >= 4 is 11.6 Å². The third-order valence-electron chi connectivity index (χ3n) is 3.96. The van der Waals surface area contributed by atoms with Crippen LogP contribution in [0.3, 0.4) is 0 Å². The molecule has 3 heteroatoms. The van der Waals surface area contributed by atoms with E-state index in [1.807, 2.05) is 12.1 Å². The first-order valence-electron chi connectivity index (χ1n) is 6.73. The normalized spacial score (nSPS) is 18.1. The molecule has 1 aromatic rings. The Morgan fingerprint density at radius 2 is 1.89 bits per heavy atom. The standard InChI is InChI=1S/C15H22ClNO/c1-18-11-10-17-12-15(8-2-3-9-15)13-4-6-14(16)7-5-13/h4-7,17H,2-3,8-12H2,1H3. The highest BCUT2D eigenvalue weighted by atomic mass is 35.5. The molecule has 0 amide bonds. The molecule has 0 unspecified atom stereocenters. The number of rotatable bonds is 6. The van der Waals surface area contributed by atoms with Crippen LogP contribution in [0.1, 0.15) is 31.2 Å². The zero-order chi connectivity index (χ0) is 12.8. The zero-order valence-corrected chi connectivity index (χ0v) is 11.8. The maximum absolute atomic E-state index is 5.98. The fourth-order valence-corrected chi connectivity index (χ4v) is 3.05. The Morgan fingerprint density at radius 3 is 2.50 bits per heavy atom. The van der Waals surface area contributed by atoms with Gasteiger partial charge in [-0.15, -0.1) is 0 Å². The van der Waals surface area contributed by atoms with E-state index in [0.29, 0.717) is 5.41 Å². The molecular weight excluding hydrogens is 246 g/mol. The van der Waals surface area contributed by atoms with Gasteiger partial charge in [-0.2, -0.15) is 0 Å². The lowest BCUT2D eigenvalue weighted by molar-refractivity contribution is 0.196. The van der Waals surface area contributed by atoms with Crippen LogP contribution in [0.2, 0.25) is 5.02 Å². The average molecular weight is 268 g/mol. The lowest BCUT2D eigenvalue weighted by Crippen LogP contribution is -2.37.